The number of rotatable bonds is 4. The molecule has 1 atom stereocenters. The van der Waals surface area contributed by atoms with Crippen LogP contribution in [0.5, 0.6) is 0 Å². The molecule has 1 unspecified atom stereocenters. The van der Waals surface area contributed by atoms with Gasteiger partial charge in [-0.2, -0.15) is 0 Å². The lowest BCUT2D eigenvalue weighted by Gasteiger charge is -2.09. The van der Waals surface area contributed by atoms with Crippen LogP contribution in [0.4, 0.5) is 0 Å². The van der Waals surface area contributed by atoms with Crippen LogP contribution in [0.1, 0.15) is 37.8 Å². The van der Waals surface area contributed by atoms with Crippen molar-refractivity contribution in [2.75, 3.05) is 0 Å². The summed E-state index contributed by atoms with van der Waals surface area (Å²) in [6.45, 7) is 5.25. The monoisotopic (exact) mass is 233 g/mol. The quantitative estimate of drug-likeness (QED) is 0.848. The first-order valence-electron chi connectivity index (χ1n) is 6.04. The van der Waals surface area contributed by atoms with Crippen LogP contribution in [0, 0.1) is 0 Å². The van der Waals surface area contributed by atoms with Gasteiger partial charge in [-0.05, 0) is 31.0 Å². The molecule has 92 valence electrons. The van der Waals surface area contributed by atoms with E-state index in [1.54, 1.807) is 6.92 Å². The van der Waals surface area contributed by atoms with Gasteiger partial charge in [0.15, 0.2) is 0 Å². The molecule has 4 heteroatoms. The molecule has 1 heterocycles. The van der Waals surface area contributed by atoms with Gasteiger partial charge in [0.05, 0.1) is 11.0 Å². The van der Waals surface area contributed by atoms with E-state index >= 15 is 0 Å². The van der Waals surface area contributed by atoms with Gasteiger partial charge in [0.1, 0.15) is 11.9 Å². The summed E-state index contributed by atoms with van der Waals surface area (Å²) in [4.78, 5) is 4.50. The smallest absolute Gasteiger partial charge is 0.138 e. The van der Waals surface area contributed by atoms with Crippen molar-refractivity contribution in [2.45, 2.75) is 39.5 Å². The molecule has 0 radical (unpaired) electrons. The summed E-state index contributed by atoms with van der Waals surface area (Å²) >= 11 is 0. The maximum atomic E-state index is 9.75. The normalized spacial score (nSPS) is 13.2. The second-order valence-electron chi connectivity index (χ2n) is 4.32. The van der Waals surface area contributed by atoms with Crippen LogP contribution >= 0.6 is 0 Å². The fraction of sp³-hybridized carbons (Fsp3) is 0.462. The molecule has 0 aliphatic rings. The van der Waals surface area contributed by atoms with E-state index in [9.17, 15) is 5.11 Å². The molecule has 0 aliphatic heterocycles. The number of aliphatic hydroxyl groups is 1. The lowest BCUT2D eigenvalue weighted by molar-refractivity contribution is 0.184. The predicted molar refractivity (Wildman–Crippen MR) is 68.5 cm³/mol. The number of imidazole rings is 1. The average Bonchev–Trinajstić information content (AvgIpc) is 2.68. The Balaban J connectivity index is 2.61. The van der Waals surface area contributed by atoms with Gasteiger partial charge in [-0.3, -0.25) is 0 Å². The van der Waals surface area contributed by atoms with Crippen molar-refractivity contribution in [1.29, 1.82) is 0 Å². The fourth-order valence-electron chi connectivity index (χ4n) is 2.10. The third-order valence-electron chi connectivity index (χ3n) is 2.90. The molecular weight excluding hydrogens is 214 g/mol. The Hall–Kier alpha value is -1.39. The summed E-state index contributed by atoms with van der Waals surface area (Å²) in [6, 6.07) is 6.04. The van der Waals surface area contributed by atoms with E-state index in [2.05, 4.69) is 16.5 Å². The number of fused-ring (bicyclic) bond motifs is 1. The number of aromatic nitrogens is 2. The standard InChI is InChI=1S/C13H19N3O/c1-3-6-16-12-5-4-10(8-14)7-11(12)15-13(16)9(2)17/h4-5,7,9,17H,3,6,8,14H2,1-2H3. The summed E-state index contributed by atoms with van der Waals surface area (Å²) in [5.74, 6) is 0.732. The summed E-state index contributed by atoms with van der Waals surface area (Å²) < 4.78 is 2.08. The average molecular weight is 233 g/mol. The van der Waals surface area contributed by atoms with Crippen LogP contribution in [-0.2, 0) is 13.1 Å². The number of nitrogens with zero attached hydrogens (tertiary/aromatic N) is 2. The molecule has 0 saturated carbocycles. The molecule has 0 amide bonds. The topological polar surface area (TPSA) is 64.1 Å². The van der Waals surface area contributed by atoms with E-state index in [1.165, 1.54) is 0 Å². The molecule has 1 aromatic carbocycles. The Morgan fingerprint density at radius 1 is 1.47 bits per heavy atom. The number of benzene rings is 1. The van der Waals surface area contributed by atoms with Crippen molar-refractivity contribution in [1.82, 2.24) is 9.55 Å². The molecule has 0 fully saturated rings. The minimum Gasteiger partial charge on any atom is -0.385 e. The van der Waals surface area contributed by atoms with Gasteiger partial charge in [0.25, 0.3) is 0 Å². The Kier molecular flexibility index (Phi) is 3.45. The van der Waals surface area contributed by atoms with E-state index in [0.29, 0.717) is 6.54 Å². The minimum atomic E-state index is -0.546. The van der Waals surface area contributed by atoms with Gasteiger partial charge >= 0.3 is 0 Å². The molecule has 0 spiro atoms. The second kappa shape index (κ2) is 4.85. The third-order valence-corrected chi connectivity index (χ3v) is 2.90. The van der Waals surface area contributed by atoms with Gasteiger partial charge in [-0.25, -0.2) is 4.98 Å². The van der Waals surface area contributed by atoms with E-state index in [0.717, 1.165) is 35.4 Å². The molecule has 2 aromatic rings. The highest BCUT2D eigenvalue weighted by molar-refractivity contribution is 5.77. The fourth-order valence-corrected chi connectivity index (χ4v) is 2.10. The summed E-state index contributed by atoms with van der Waals surface area (Å²) in [5, 5.41) is 9.75. The zero-order valence-corrected chi connectivity index (χ0v) is 10.3. The number of nitrogens with two attached hydrogens (primary N) is 1. The van der Waals surface area contributed by atoms with Crippen LogP contribution in [0.3, 0.4) is 0 Å². The molecule has 2 rings (SSSR count). The number of aliphatic hydroxyl groups excluding tert-OH is 1. The third kappa shape index (κ3) is 2.18. The molecule has 3 N–H and O–H groups in total. The van der Waals surface area contributed by atoms with Crippen molar-refractivity contribution in [2.24, 2.45) is 5.73 Å². The Labute approximate surface area is 101 Å². The van der Waals surface area contributed by atoms with E-state index in [1.807, 2.05) is 18.2 Å². The zero-order valence-electron chi connectivity index (χ0n) is 10.3. The Bertz CT molecular complexity index is 517. The van der Waals surface area contributed by atoms with Crippen LogP contribution < -0.4 is 5.73 Å². The van der Waals surface area contributed by atoms with E-state index < -0.39 is 6.10 Å². The van der Waals surface area contributed by atoms with E-state index in [-0.39, 0.29) is 0 Å². The van der Waals surface area contributed by atoms with Crippen molar-refractivity contribution in [3.63, 3.8) is 0 Å². The lowest BCUT2D eigenvalue weighted by atomic mass is 10.2. The second-order valence-corrected chi connectivity index (χ2v) is 4.32. The minimum absolute atomic E-state index is 0.514. The lowest BCUT2D eigenvalue weighted by Crippen LogP contribution is -2.06. The highest BCUT2D eigenvalue weighted by Gasteiger charge is 2.14. The first-order valence-corrected chi connectivity index (χ1v) is 6.04. The van der Waals surface area contributed by atoms with Gasteiger partial charge in [0.2, 0.25) is 0 Å². The van der Waals surface area contributed by atoms with Crippen LogP contribution in [-0.4, -0.2) is 14.7 Å². The zero-order chi connectivity index (χ0) is 12.4. The molecule has 0 aliphatic carbocycles. The number of hydrogen-bond acceptors (Lipinski definition) is 3. The molecule has 17 heavy (non-hydrogen) atoms. The molecule has 0 saturated heterocycles. The van der Waals surface area contributed by atoms with Crippen LogP contribution in [0.2, 0.25) is 0 Å². The van der Waals surface area contributed by atoms with Crippen molar-refractivity contribution in [3.05, 3.63) is 29.6 Å². The predicted octanol–water partition coefficient (Wildman–Crippen LogP) is 1.96. The van der Waals surface area contributed by atoms with Gasteiger partial charge < -0.3 is 15.4 Å². The summed E-state index contributed by atoms with van der Waals surface area (Å²) in [6.07, 6.45) is 0.472. The summed E-state index contributed by atoms with van der Waals surface area (Å²) in [7, 11) is 0. The first kappa shape index (κ1) is 12.1. The Morgan fingerprint density at radius 3 is 2.82 bits per heavy atom. The van der Waals surface area contributed by atoms with Crippen LogP contribution in [0.25, 0.3) is 11.0 Å². The molecule has 1 aromatic heterocycles. The van der Waals surface area contributed by atoms with Crippen molar-refractivity contribution >= 4 is 11.0 Å². The highest BCUT2D eigenvalue weighted by atomic mass is 16.3. The maximum absolute atomic E-state index is 9.75. The van der Waals surface area contributed by atoms with Crippen LogP contribution in [0.15, 0.2) is 18.2 Å². The first-order chi connectivity index (χ1) is 8.17. The molecular formula is C13H19N3O. The van der Waals surface area contributed by atoms with Gasteiger partial charge in [-0.15, -0.1) is 0 Å². The highest BCUT2D eigenvalue weighted by Crippen LogP contribution is 2.22. The van der Waals surface area contributed by atoms with Gasteiger partial charge in [0, 0.05) is 13.1 Å². The summed E-state index contributed by atoms with van der Waals surface area (Å²) in [5.41, 5.74) is 8.67. The van der Waals surface area contributed by atoms with Crippen molar-refractivity contribution < 1.29 is 5.11 Å². The van der Waals surface area contributed by atoms with E-state index in [4.69, 9.17) is 5.73 Å². The number of aryl methyl sites for hydroxylation is 1. The molecule has 4 nitrogen and oxygen atoms in total. The van der Waals surface area contributed by atoms with Crippen molar-refractivity contribution in [3.8, 4) is 0 Å². The largest absolute Gasteiger partial charge is 0.385 e. The SMILES string of the molecule is CCCn1c(C(C)O)nc2cc(CN)ccc21. The number of hydrogen-bond donors (Lipinski definition) is 2. The maximum Gasteiger partial charge on any atom is 0.138 e. The Morgan fingerprint density at radius 2 is 2.24 bits per heavy atom. The van der Waals surface area contributed by atoms with Gasteiger partial charge in [-0.1, -0.05) is 13.0 Å². The molecule has 0 bridgehead atoms.